The van der Waals surface area contributed by atoms with E-state index in [0.717, 1.165) is 38.1 Å². The maximum Gasteiger partial charge on any atom is 0.243 e. The van der Waals surface area contributed by atoms with E-state index in [2.05, 4.69) is 10.0 Å². The quantitative estimate of drug-likeness (QED) is 0.862. The number of halogens is 3. The van der Waals surface area contributed by atoms with Crippen molar-refractivity contribution >= 4 is 22.4 Å². The van der Waals surface area contributed by atoms with Crippen molar-refractivity contribution in [3.05, 3.63) is 29.8 Å². The Balaban J connectivity index is 0.00000220. The van der Waals surface area contributed by atoms with Gasteiger partial charge in [0, 0.05) is 12.6 Å². The first-order valence-electron chi connectivity index (χ1n) is 6.64. The van der Waals surface area contributed by atoms with Gasteiger partial charge in [-0.05, 0) is 50.4 Å². The Morgan fingerprint density at radius 3 is 2.71 bits per heavy atom. The molecule has 4 nitrogen and oxygen atoms in total. The van der Waals surface area contributed by atoms with Crippen LogP contribution in [0.15, 0.2) is 23.1 Å². The molecule has 1 saturated heterocycles. The molecule has 8 heteroatoms. The monoisotopic (exact) mass is 340 g/mol. The van der Waals surface area contributed by atoms with E-state index >= 15 is 0 Å². The number of rotatable bonds is 5. The minimum Gasteiger partial charge on any atom is -0.316 e. The van der Waals surface area contributed by atoms with Gasteiger partial charge in [-0.3, -0.25) is 0 Å². The Morgan fingerprint density at radius 1 is 1.33 bits per heavy atom. The van der Waals surface area contributed by atoms with Gasteiger partial charge in [-0.15, -0.1) is 12.4 Å². The molecule has 2 N–H and O–H groups in total. The number of nitrogens with one attached hydrogen (secondary N) is 2. The minimum absolute atomic E-state index is 0. The van der Waals surface area contributed by atoms with E-state index in [-0.39, 0.29) is 19.0 Å². The van der Waals surface area contributed by atoms with E-state index in [1.165, 1.54) is 0 Å². The molecule has 1 aromatic rings. The van der Waals surface area contributed by atoms with Gasteiger partial charge in [-0.25, -0.2) is 21.9 Å². The predicted octanol–water partition coefficient (Wildman–Crippen LogP) is 2.05. The summed E-state index contributed by atoms with van der Waals surface area (Å²) < 4.78 is 52.4. The van der Waals surface area contributed by atoms with Crippen molar-refractivity contribution in [3.63, 3.8) is 0 Å². The van der Waals surface area contributed by atoms with Crippen LogP contribution in [0.2, 0.25) is 0 Å². The van der Waals surface area contributed by atoms with Gasteiger partial charge in [-0.2, -0.15) is 0 Å². The average Bonchev–Trinajstić information content (AvgIpc) is 2.39. The summed E-state index contributed by atoms with van der Waals surface area (Å²) in [6.45, 7) is 2.14. The molecule has 0 radical (unpaired) electrons. The highest BCUT2D eigenvalue weighted by atomic mass is 35.5. The van der Waals surface area contributed by atoms with E-state index in [4.69, 9.17) is 0 Å². The summed E-state index contributed by atoms with van der Waals surface area (Å²) >= 11 is 0. The van der Waals surface area contributed by atoms with E-state index in [0.29, 0.717) is 18.4 Å². The summed E-state index contributed by atoms with van der Waals surface area (Å²) in [5.41, 5.74) is 0. The Hall–Kier alpha value is -0.760. The molecule has 1 aliphatic rings. The largest absolute Gasteiger partial charge is 0.316 e. The summed E-state index contributed by atoms with van der Waals surface area (Å²) in [4.78, 5) is -0.513. The fourth-order valence-electron chi connectivity index (χ4n) is 2.34. The van der Waals surface area contributed by atoms with Gasteiger partial charge in [0.25, 0.3) is 0 Å². The molecule has 120 valence electrons. The molecule has 1 aliphatic heterocycles. The lowest BCUT2D eigenvalue weighted by atomic mass is 9.96. The van der Waals surface area contributed by atoms with E-state index in [1.807, 2.05) is 0 Å². The van der Waals surface area contributed by atoms with Crippen LogP contribution in [0.1, 0.15) is 19.3 Å². The van der Waals surface area contributed by atoms with E-state index in [1.54, 1.807) is 0 Å². The molecule has 2 rings (SSSR count). The molecule has 1 atom stereocenters. The second kappa shape index (κ2) is 8.03. The van der Waals surface area contributed by atoms with Crippen molar-refractivity contribution in [2.24, 2.45) is 5.92 Å². The second-order valence-electron chi connectivity index (χ2n) is 4.97. The Bertz CT molecular complexity index is 563. The van der Waals surface area contributed by atoms with Gasteiger partial charge in [0.15, 0.2) is 0 Å². The molecule has 0 amide bonds. The molecule has 0 saturated carbocycles. The highest BCUT2D eigenvalue weighted by Crippen LogP contribution is 2.17. The van der Waals surface area contributed by atoms with Crippen molar-refractivity contribution in [3.8, 4) is 0 Å². The first-order valence-corrected chi connectivity index (χ1v) is 8.13. The molecule has 0 aliphatic carbocycles. The van der Waals surface area contributed by atoms with Crippen LogP contribution >= 0.6 is 12.4 Å². The fourth-order valence-corrected chi connectivity index (χ4v) is 3.44. The van der Waals surface area contributed by atoms with Gasteiger partial charge in [0.05, 0.1) is 0 Å². The van der Waals surface area contributed by atoms with Gasteiger partial charge < -0.3 is 5.32 Å². The van der Waals surface area contributed by atoms with Gasteiger partial charge in [0.2, 0.25) is 10.0 Å². The third-order valence-electron chi connectivity index (χ3n) is 3.43. The normalized spacial score (nSPS) is 19.0. The molecule has 21 heavy (non-hydrogen) atoms. The molecule has 0 spiro atoms. The topological polar surface area (TPSA) is 58.2 Å². The van der Waals surface area contributed by atoms with E-state index in [9.17, 15) is 17.2 Å². The highest BCUT2D eigenvalue weighted by Gasteiger charge is 2.20. The zero-order valence-electron chi connectivity index (χ0n) is 11.4. The van der Waals surface area contributed by atoms with Crippen LogP contribution in [0.3, 0.4) is 0 Å². The second-order valence-corrected chi connectivity index (χ2v) is 6.71. The van der Waals surface area contributed by atoms with Crippen molar-refractivity contribution in [2.75, 3.05) is 19.6 Å². The smallest absolute Gasteiger partial charge is 0.243 e. The number of benzene rings is 1. The van der Waals surface area contributed by atoms with Crippen LogP contribution < -0.4 is 10.0 Å². The van der Waals surface area contributed by atoms with Crippen molar-refractivity contribution in [1.29, 1.82) is 0 Å². The van der Waals surface area contributed by atoms with Gasteiger partial charge in [0.1, 0.15) is 16.5 Å². The molecular formula is C13H19ClF2N2O2S. The summed E-state index contributed by atoms with van der Waals surface area (Å²) in [7, 11) is -3.92. The lowest BCUT2D eigenvalue weighted by Crippen LogP contribution is -2.33. The Morgan fingerprint density at radius 2 is 2.10 bits per heavy atom. The lowest BCUT2D eigenvalue weighted by Gasteiger charge is -2.22. The van der Waals surface area contributed by atoms with Crippen molar-refractivity contribution in [1.82, 2.24) is 10.0 Å². The fraction of sp³-hybridized carbons (Fsp3) is 0.538. The molecule has 0 bridgehead atoms. The number of piperidine rings is 1. The summed E-state index contributed by atoms with van der Waals surface area (Å²) in [6, 6.07) is 2.44. The standard InChI is InChI=1S/C13H18F2N2O2S.ClH/c14-11-3-4-13(12(15)8-11)20(18,19)17-7-5-10-2-1-6-16-9-10;/h3-4,8,10,16-17H,1-2,5-7,9H2;1H. The van der Waals surface area contributed by atoms with E-state index < -0.39 is 26.6 Å². The molecular weight excluding hydrogens is 322 g/mol. The summed E-state index contributed by atoms with van der Waals surface area (Å²) in [6.07, 6.45) is 2.86. The highest BCUT2D eigenvalue weighted by molar-refractivity contribution is 7.89. The number of hydrogen-bond acceptors (Lipinski definition) is 3. The maximum atomic E-state index is 13.5. The van der Waals surface area contributed by atoms with Crippen LogP contribution in [0.5, 0.6) is 0 Å². The van der Waals surface area contributed by atoms with Crippen LogP contribution in [-0.4, -0.2) is 28.1 Å². The number of hydrogen-bond donors (Lipinski definition) is 2. The zero-order chi connectivity index (χ0) is 14.6. The van der Waals surface area contributed by atoms with Gasteiger partial charge in [-0.1, -0.05) is 0 Å². The maximum absolute atomic E-state index is 13.5. The van der Waals surface area contributed by atoms with Crippen LogP contribution in [-0.2, 0) is 10.0 Å². The minimum atomic E-state index is -3.92. The van der Waals surface area contributed by atoms with Crippen LogP contribution in [0.25, 0.3) is 0 Å². The third-order valence-corrected chi connectivity index (χ3v) is 4.92. The first kappa shape index (κ1) is 18.3. The molecule has 1 aromatic carbocycles. The Kier molecular flexibility index (Phi) is 6.99. The van der Waals surface area contributed by atoms with Crippen LogP contribution in [0, 0.1) is 17.6 Å². The molecule has 1 unspecified atom stereocenters. The summed E-state index contributed by atoms with van der Waals surface area (Å²) in [5.74, 6) is -1.43. The number of sulfonamides is 1. The van der Waals surface area contributed by atoms with Gasteiger partial charge >= 0.3 is 0 Å². The molecule has 1 heterocycles. The van der Waals surface area contributed by atoms with Crippen molar-refractivity contribution in [2.45, 2.75) is 24.2 Å². The lowest BCUT2D eigenvalue weighted by molar-refractivity contribution is 0.358. The molecule has 0 aromatic heterocycles. The summed E-state index contributed by atoms with van der Waals surface area (Å²) in [5, 5.41) is 3.25. The first-order chi connectivity index (χ1) is 9.49. The zero-order valence-corrected chi connectivity index (χ0v) is 13.1. The predicted molar refractivity (Wildman–Crippen MR) is 79.0 cm³/mol. The average molecular weight is 341 g/mol. The SMILES string of the molecule is Cl.O=S(=O)(NCCC1CCCNC1)c1ccc(F)cc1F. The third kappa shape index (κ3) is 5.18. The molecule has 1 fully saturated rings. The Labute approximate surface area is 129 Å². The van der Waals surface area contributed by atoms with Crippen LogP contribution in [0.4, 0.5) is 8.78 Å². The van der Waals surface area contributed by atoms with Crippen molar-refractivity contribution < 1.29 is 17.2 Å².